The highest BCUT2D eigenvalue weighted by molar-refractivity contribution is 7.17. The molecule has 4 rings (SSSR count). The zero-order valence-electron chi connectivity index (χ0n) is 15.4. The van der Waals surface area contributed by atoms with Crippen LogP contribution in [-0.2, 0) is 17.9 Å². The number of nitrogens with one attached hydrogen (secondary N) is 1. The average molecular weight is 400 g/mol. The summed E-state index contributed by atoms with van der Waals surface area (Å²) in [6.45, 7) is 1.58. The minimum atomic E-state index is -0.365. The van der Waals surface area contributed by atoms with Crippen molar-refractivity contribution in [2.24, 2.45) is 0 Å². The number of anilines is 1. The van der Waals surface area contributed by atoms with E-state index in [1.54, 1.807) is 18.2 Å². The first-order valence-electron chi connectivity index (χ1n) is 9.36. The molecule has 1 N–H and O–H groups in total. The molecule has 2 aromatic heterocycles. The number of carbonyl (C=O) groups is 1. The third-order valence-corrected chi connectivity index (χ3v) is 5.81. The Bertz CT molecular complexity index is 1060. The number of carbonyl (C=O) groups excluding carboxylic acids is 1. The number of hydrogen-bond donors (Lipinski definition) is 1. The second-order valence-corrected chi connectivity index (χ2v) is 7.77. The van der Waals surface area contributed by atoms with E-state index < -0.39 is 0 Å². The van der Waals surface area contributed by atoms with Gasteiger partial charge in [-0.2, -0.15) is 0 Å². The molecule has 0 spiro atoms. The lowest BCUT2D eigenvalue weighted by molar-refractivity contribution is -0.121. The second kappa shape index (κ2) is 8.10. The fourth-order valence-electron chi connectivity index (χ4n) is 3.44. The summed E-state index contributed by atoms with van der Waals surface area (Å²) in [6.07, 6.45) is 3.23. The average Bonchev–Trinajstić information content (AvgIpc) is 3.19. The molecule has 1 aliphatic rings. The molecular weight excluding hydrogens is 379 g/mol. The number of thiophene rings is 1. The van der Waals surface area contributed by atoms with Gasteiger partial charge in [0.15, 0.2) is 0 Å². The molecule has 0 unspecified atom stereocenters. The Hall–Kier alpha value is -2.74. The summed E-state index contributed by atoms with van der Waals surface area (Å²) in [5.74, 6) is -0.173. The summed E-state index contributed by atoms with van der Waals surface area (Å²) in [6, 6.07) is 8.14. The van der Waals surface area contributed by atoms with Crippen LogP contribution >= 0.6 is 11.3 Å². The van der Waals surface area contributed by atoms with Crippen LogP contribution < -0.4 is 15.8 Å². The van der Waals surface area contributed by atoms with E-state index in [1.165, 1.54) is 22.0 Å². The molecule has 0 aliphatic carbocycles. The van der Waals surface area contributed by atoms with Gasteiger partial charge in [-0.1, -0.05) is 18.2 Å². The number of benzene rings is 1. The molecule has 6 nitrogen and oxygen atoms in total. The predicted molar refractivity (Wildman–Crippen MR) is 108 cm³/mol. The van der Waals surface area contributed by atoms with E-state index in [2.05, 4.69) is 15.2 Å². The van der Waals surface area contributed by atoms with Gasteiger partial charge in [0.1, 0.15) is 17.1 Å². The summed E-state index contributed by atoms with van der Waals surface area (Å²) in [7, 11) is 0. The fourth-order valence-corrected chi connectivity index (χ4v) is 4.22. The highest BCUT2D eigenvalue weighted by atomic mass is 32.1. The predicted octanol–water partition coefficient (Wildman–Crippen LogP) is 2.90. The van der Waals surface area contributed by atoms with E-state index in [0.29, 0.717) is 21.7 Å². The Morgan fingerprint density at radius 1 is 1.18 bits per heavy atom. The Balaban J connectivity index is 1.59. The molecule has 1 saturated heterocycles. The smallest absolute Gasteiger partial charge is 0.273 e. The summed E-state index contributed by atoms with van der Waals surface area (Å²) in [4.78, 5) is 32.2. The van der Waals surface area contributed by atoms with E-state index in [9.17, 15) is 14.0 Å². The van der Waals surface area contributed by atoms with Gasteiger partial charge in [-0.3, -0.25) is 14.2 Å². The van der Waals surface area contributed by atoms with Gasteiger partial charge in [0.2, 0.25) is 11.9 Å². The molecular formula is C20H21FN4O2S. The third-order valence-electron chi connectivity index (χ3n) is 4.92. The highest BCUT2D eigenvalue weighted by Gasteiger charge is 2.21. The number of fused-ring (bicyclic) bond motifs is 1. The number of aromatic nitrogens is 2. The van der Waals surface area contributed by atoms with Crippen LogP contribution in [0.4, 0.5) is 10.3 Å². The molecule has 3 heterocycles. The zero-order valence-corrected chi connectivity index (χ0v) is 16.2. The highest BCUT2D eigenvalue weighted by Crippen LogP contribution is 2.22. The van der Waals surface area contributed by atoms with Crippen LogP contribution in [0.2, 0.25) is 0 Å². The molecule has 1 fully saturated rings. The Labute approximate surface area is 165 Å². The van der Waals surface area contributed by atoms with Crippen molar-refractivity contribution in [2.45, 2.75) is 32.4 Å². The van der Waals surface area contributed by atoms with Gasteiger partial charge in [-0.25, -0.2) is 9.37 Å². The standard InChI is InChI=1S/C20H21FN4O2S/c21-15-7-3-2-6-14(15)12-22-17(26)13-25-19(27)18-16(8-11-28-18)23-20(25)24-9-4-1-5-10-24/h2-3,6-8,11H,1,4-5,9-10,12-13H2,(H,22,26). The van der Waals surface area contributed by atoms with E-state index >= 15 is 0 Å². The molecule has 8 heteroatoms. The van der Waals surface area contributed by atoms with Crippen LogP contribution in [0.3, 0.4) is 0 Å². The summed E-state index contributed by atoms with van der Waals surface area (Å²) < 4.78 is 15.7. The van der Waals surface area contributed by atoms with Crippen molar-refractivity contribution >= 4 is 33.4 Å². The number of hydrogen-bond acceptors (Lipinski definition) is 5. The minimum Gasteiger partial charge on any atom is -0.350 e. The lowest BCUT2D eigenvalue weighted by Crippen LogP contribution is -2.39. The van der Waals surface area contributed by atoms with Crippen molar-refractivity contribution in [1.29, 1.82) is 0 Å². The first-order chi connectivity index (χ1) is 13.6. The van der Waals surface area contributed by atoms with Crippen LogP contribution in [0.5, 0.6) is 0 Å². The summed E-state index contributed by atoms with van der Waals surface area (Å²) in [5.41, 5.74) is 0.867. The van der Waals surface area contributed by atoms with E-state index in [1.807, 2.05) is 11.4 Å². The van der Waals surface area contributed by atoms with Crippen LogP contribution in [0.1, 0.15) is 24.8 Å². The molecule has 1 amide bonds. The molecule has 0 bridgehead atoms. The molecule has 0 saturated carbocycles. The van der Waals surface area contributed by atoms with Crippen molar-refractivity contribution in [3.63, 3.8) is 0 Å². The maximum absolute atomic E-state index is 13.8. The first-order valence-corrected chi connectivity index (χ1v) is 10.2. The Morgan fingerprint density at radius 3 is 2.75 bits per heavy atom. The summed E-state index contributed by atoms with van der Waals surface area (Å²) in [5, 5.41) is 4.54. The number of nitrogens with zero attached hydrogens (tertiary/aromatic N) is 3. The van der Waals surface area contributed by atoms with Crippen molar-refractivity contribution in [2.75, 3.05) is 18.0 Å². The quantitative estimate of drug-likeness (QED) is 0.715. The minimum absolute atomic E-state index is 0.0774. The van der Waals surface area contributed by atoms with Gasteiger partial charge >= 0.3 is 0 Å². The number of amides is 1. The van der Waals surface area contributed by atoms with Crippen LogP contribution in [0.15, 0.2) is 40.5 Å². The van der Waals surface area contributed by atoms with Gasteiger partial charge in [0.25, 0.3) is 5.56 Å². The number of piperidine rings is 1. The van der Waals surface area contributed by atoms with E-state index in [-0.39, 0.29) is 30.4 Å². The maximum atomic E-state index is 13.8. The summed E-state index contributed by atoms with van der Waals surface area (Å²) >= 11 is 1.33. The van der Waals surface area contributed by atoms with Gasteiger partial charge in [-0.15, -0.1) is 11.3 Å². The fraction of sp³-hybridized carbons (Fsp3) is 0.350. The Morgan fingerprint density at radius 2 is 1.96 bits per heavy atom. The molecule has 3 aromatic rings. The molecule has 0 radical (unpaired) electrons. The normalized spacial score (nSPS) is 14.4. The van der Waals surface area contributed by atoms with E-state index in [0.717, 1.165) is 32.4 Å². The number of rotatable bonds is 5. The van der Waals surface area contributed by atoms with Crippen molar-refractivity contribution in [3.8, 4) is 0 Å². The van der Waals surface area contributed by atoms with Gasteiger partial charge in [0.05, 0.1) is 5.52 Å². The first kappa shape index (κ1) is 18.6. The molecule has 0 atom stereocenters. The van der Waals surface area contributed by atoms with Gasteiger partial charge in [0, 0.05) is 25.2 Å². The lowest BCUT2D eigenvalue weighted by atomic mass is 10.1. The van der Waals surface area contributed by atoms with Crippen LogP contribution in [0, 0.1) is 5.82 Å². The maximum Gasteiger partial charge on any atom is 0.273 e. The molecule has 146 valence electrons. The zero-order chi connectivity index (χ0) is 19.5. The van der Waals surface area contributed by atoms with Crippen molar-refractivity contribution < 1.29 is 9.18 Å². The molecule has 1 aliphatic heterocycles. The Kier molecular flexibility index (Phi) is 5.38. The largest absolute Gasteiger partial charge is 0.350 e. The molecule has 1 aromatic carbocycles. The van der Waals surface area contributed by atoms with Gasteiger partial charge < -0.3 is 10.2 Å². The van der Waals surface area contributed by atoms with E-state index in [4.69, 9.17) is 0 Å². The third kappa shape index (κ3) is 3.77. The second-order valence-electron chi connectivity index (χ2n) is 6.85. The van der Waals surface area contributed by atoms with Crippen LogP contribution in [0.25, 0.3) is 10.2 Å². The SMILES string of the molecule is O=C(Cn1c(N2CCCCC2)nc2ccsc2c1=O)NCc1ccccc1F. The van der Waals surface area contributed by atoms with Crippen molar-refractivity contribution in [3.05, 3.63) is 57.4 Å². The van der Waals surface area contributed by atoms with Crippen molar-refractivity contribution in [1.82, 2.24) is 14.9 Å². The topological polar surface area (TPSA) is 67.2 Å². The number of halogens is 1. The van der Waals surface area contributed by atoms with Crippen LogP contribution in [-0.4, -0.2) is 28.5 Å². The van der Waals surface area contributed by atoms with Gasteiger partial charge in [-0.05, 0) is 36.8 Å². The monoisotopic (exact) mass is 400 g/mol. The molecule has 28 heavy (non-hydrogen) atoms. The lowest BCUT2D eigenvalue weighted by Gasteiger charge is -2.29.